The van der Waals surface area contributed by atoms with E-state index in [2.05, 4.69) is 28.1 Å². The first-order chi connectivity index (χ1) is 10.9. The summed E-state index contributed by atoms with van der Waals surface area (Å²) in [5.41, 5.74) is 1.34. The number of nitrogens with zero attached hydrogens (tertiary/aromatic N) is 2. The molecule has 0 spiro atoms. The van der Waals surface area contributed by atoms with E-state index in [9.17, 15) is 0 Å². The Hall–Kier alpha value is -1.55. The Balaban J connectivity index is 1.69. The molecule has 1 saturated heterocycles. The van der Waals surface area contributed by atoms with Gasteiger partial charge in [-0.3, -0.25) is 9.89 Å². The molecule has 0 amide bonds. The number of hydrogen-bond acceptors (Lipinski definition) is 4. The SMILES string of the molecule is CCO/C=N\CCCOc1cccc(CN2CCCCC2)c1. The molecule has 1 heterocycles. The van der Waals surface area contributed by atoms with Crippen molar-refractivity contribution in [1.82, 2.24) is 4.90 Å². The van der Waals surface area contributed by atoms with E-state index in [-0.39, 0.29) is 0 Å². The van der Waals surface area contributed by atoms with Gasteiger partial charge in [-0.15, -0.1) is 0 Å². The Kier molecular flexibility index (Phi) is 7.81. The van der Waals surface area contributed by atoms with Crippen LogP contribution in [0, 0.1) is 0 Å². The third-order valence-corrected chi connectivity index (χ3v) is 3.77. The van der Waals surface area contributed by atoms with Crippen LogP contribution in [0.15, 0.2) is 29.3 Å². The maximum atomic E-state index is 5.81. The monoisotopic (exact) mass is 304 g/mol. The van der Waals surface area contributed by atoms with Crippen molar-refractivity contribution in [2.24, 2.45) is 4.99 Å². The van der Waals surface area contributed by atoms with Crippen LogP contribution >= 0.6 is 0 Å². The first-order valence-electron chi connectivity index (χ1n) is 8.42. The summed E-state index contributed by atoms with van der Waals surface area (Å²) in [5, 5.41) is 0. The molecular weight excluding hydrogens is 276 g/mol. The smallest absolute Gasteiger partial charge is 0.169 e. The molecule has 0 N–H and O–H groups in total. The zero-order valence-corrected chi connectivity index (χ0v) is 13.7. The van der Waals surface area contributed by atoms with Gasteiger partial charge in [-0.2, -0.15) is 0 Å². The molecule has 0 bridgehead atoms. The molecule has 1 aromatic rings. The lowest BCUT2D eigenvalue weighted by molar-refractivity contribution is 0.220. The fourth-order valence-corrected chi connectivity index (χ4v) is 2.64. The standard InChI is InChI=1S/C18H28N2O2/c1-2-21-16-19-10-7-13-22-18-9-6-8-17(14-18)15-20-11-4-3-5-12-20/h6,8-9,14,16H,2-5,7,10-13,15H2,1H3/b19-16-. The minimum atomic E-state index is 0.670. The van der Waals surface area contributed by atoms with Gasteiger partial charge >= 0.3 is 0 Å². The van der Waals surface area contributed by atoms with Crippen LogP contribution in [0.4, 0.5) is 0 Å². The van der Waals surface area contributed by atoms with E-state index in [0.717, 1.165) is 25.3 Å². The lowest BCUT2D eigenvalue weighted by atomic mass is 10.1. The average Bonchev–Trinajstić information content (AvgIpc) is 2.55. The highest BCUT2D eigenvalue weighted by Gasteiger charge is 2.10. The highest BCUT2D eigenvalue weighted by atomic mass is 16.5. The molecule has 0 atom stereocenters. The van der Waals surface area contributed by atoms with Gasteiger partial charge in [0.25, 0.3) is 0 Å². The molecule has 0 saturated carbocycles. The minimum absolute atomic E-state index is 0.670. The van der Waals surface area contributed by atoms with Crippen molar-refractivity contribution in [3.63, 3.8) is 0 Å². The van der Waals surface area contributed by atoms with Gasteiger partial charge in [0.1, 0.15) is 5.75 Å². The second-order valence-corrected chi connectivity index (χ2v) is 5.65. The molecule has 4 nitrogen and oxygen atoms in total. The van der Waals surface area contributed by atoms with E-state index in [1.807, 2.05) is 13.0 Å². The normalized spacial score (nSPS) is 16.0. The third kappa shape index (κ3) is 6.48. The molecule has 1 aliphatic rings. The van der Waals surface area contributed by atoms with Crippen LogP contribution in [-0.2, 0) is 11.3 Å². The van der Waals surface area contributed by atoms with Crippen LogP contribution in [0.25, 0.3) is 0 Å². The molecule has 122 valence electrons. The largest absolute Gasteiger partial charge is 0.494 e. The molecular formula is C18H28N2O2. The Morgan fingerprint density at radius 2 is 2.09 bits per heavy atom. The maximum Gasteiger partial charge on any atom is 0.169 e. The number of hydrogen-bond donors (Lipinski definition) is 0. The molecule has 4 heteroatoms. The van der Waals surface area contributed by atoms with E-state index in [1.165, 1.54) is 44.3 Å². The first-order valence-corrected chi connectivity index (χ1v) is 8.42. The minimum Gasteiger partial charge on any atom is -0.494 e. The van der Waals surface area contributed by atoms with E-state index >= 15 is 0 Å². The Bertz CT molecular complexity index is 442. The molecule has 1 fully saturated rings. The van der Waals surface area contributed by atoms with E-state index in [0.29, 0.717) is 13.2 Å². The summed E-state index contributed by atoms with van der Waals surface area (Å²) < 4.78 is 10.9. The zero-order valence-electron chi connectivity index (χ0n) is 13.7. The summed E-state index contributed by atoms with van der Waals surface area (Å²) in [6, 6.07) is 8.47. The molecule has 0 radical (unpaired) electrons. The van der Waals surface area contributed by atoms with E-state index < -0.39 is 0 Å². The summed E-state index contributed by atoms with van der Waals surface area (Å²) >= 11 is 0. The second kappa shape index (κ2) is 10.2. The van der Waals surface area contributed by atoms with Gasteiger partial charge in [0.05, 0.1) is 13.2 Å². The lowest BCUT2D eigenvalue weighted by Crippen LogP contribution is -2.29. The Morgan fingerprint density at radius 3 is 2.91 bits per heavy atom. The molecule has 1 aliphatic heterocycles. The van der Waals surface area contributed by atoms with Crippen molar-refractivity contribution < 1.29 is 9.47 Å². The van der Waals surface area contributed by atoms with Gasteiger partial charge in [-0.05, 0) is 50.6 Å². The fourth-order valence-electron chi connectivity index (χ4n) is 2.64. The third-order valence-electron chi connectivity index (χ3n) is 3.77. The maximum absolute atomic E-state index is 5.81. The van der Waals surface area contributed by atoms with Gasteiger partial charge in [-0.25, -0.2) is 0 Å². The summed E-state index contributed by atoms with van der Waals surface area (Å²) in [4.78, 5) is 6.69. The molecule has 22 heavy (non-hydrogen) atoms. The van der Waals surface area contributed by atoms with Crippen LogP contribution in [-0.4, -0.2) is 44.1 Å². The topological polar surface area (TPSA) is 34.1 Å². The van der Waals surface area contributed by atoms with Crippen LogP contribution < -0.4 is 4.74 Å². The highest BCUT2D eigenvalue weighted by molar-refractivity contribution is 5.45. The first kappa shape index (κ1) is 16.8. The summed E-state index contributed by atoms with van der Waals surface area (Å²) in [6.45, 7) is 7.54. The van der Waals surface area contributed by atoms with Crippen LogP contribution in [0.1, 0.15) is 38.2 Å². The molecule has 0 aliphatic carbocycles. The van der Waals surface area contributed by atoms with E-state index in [1.54, 1.807) is 0 Å². The molecule has 0 unspecified atom stereocenters. The quantitative estimate of drug-likeness (QED) is 0.398. The van der Waals surface area contributed by atoms with Crippen molar-refractivity contribution in [2.75, 3.05) is 32.8 Å². The average molecular weight is 304 g/mol. The highest BCUT2D eigenvalue weighted by Crippen LogP contribution is 2.17. The van der Waals surface area contributed by atoms with Crippen molar-refractivity contribution in [1.29, 1.82) is 0 Å². The fraction of sp³-hybridized carbons (Fsp3) is 0.611. The van der Waals surface area contributed by atoms with Crippen molar-refractivity contribution in [3.05, 3.63) is 29.8 Å². The van der Waals surface area contributed by atoms with Gasteiger partial charge < -0.3 is 9.47 Å². The van der Waals surface area contributed by atoms with Crippen LogP contribution in [0.5, 0.6) is 5.75 Å². The van der Waals surface area contributed by atoms with Crippen LogP contribution in [0.2, 0.25) is 0 Å². The van der Waals surface area contributed by atoms with Gasteiger partial charge in [0.2, 0.25) is 0 Å². The predicted octanol–water partition coefficient (Wildman–Crippen LogP) is 3.51. The Labute approximate surface area is 134 Å². The number of benzene rings is 1. The zero-order chi connectivity index (χ0) is 15.5. The summed E-state index contributed by atoms with van der Waals surface area (Å²) in [6.07, 6.45) is 6.47. The number of aliphatic imine (C=N–C) groups is 1. The summed E-state index contributed by atoms with van der Waals surface area (Å²) in [5.74, 6) is 0.961. The number of likely N-dealkylation sites (tertiary alicyclic amines) is 1. The second-order valence-electron chi connectivity index (χ2n) is 5.65. The molecule has 2 rings (SSSR count). The van der Waals surface area contributed by atoms with Crippen molar-refractivity contribution in [3.8, 4) is 5.75 Å². The van der Waals surface area contributed by atoms with Crippen molar-refractivity contribution in [2.45, 2.75) is 39.2 Å². The molecule has 0 aromatic heterocycles. The lowest BCUT2D eigenvalue weighted by Gasteiger charge is -2.26. The predicted molar refractivity (Wildman–Crippen MR) is 90.7 cm³/mol. The van der Waals surface area contributed by atoms with Crippen molar-refractivity contribution >= 4 is 6.40 Å². The molecule has 1 aromatic carbocycles. The van der Waals surface area contributed by atoms with Crippen LogP contribution in [0.3, 0.4) is 0 Å². The van der Waals surface area contributed by atoms with E-state index in [4.69, 9.17) is 9.47 Å². The van der Waals surface area contributed by atoms with Gasteiger partial charge in [0, 0.05) is 19.5 Å². The Morgan fingerprint density at radius 1 is 1.23 bits per heavy atom. The number of ether oxygens (including phenoxy) is 2. The number of rotatable bonds is 9. The van der Waals surface area contributed by atoms with Gasteiger partial charge in [0.15, 0.2) is 6.40 Å². The van der Waals surface area contributed by atoms with Gasteiger partial charge in [-0.1, -0.05) is 18.6 Å². The number of piperidine rings is 1. The summed E-state index contributed by atoms with van der Waals surface area (Å²) in [7, 11) is 0.